The summed E-state index contributed by atoms with van der Waals surface area (Å²) in [4.78, 5) is 37.9. The Labute approximate surface area is 175 Å². The number of nitrogens with one attached hydrogen (secondary N) is 1. The van der Waals surface area contributed by atoms with E-state index >= 15 is 0 Å². The van der Waals surface area contributed by atoms with Gasteiger partial charge < -0.3 is 15.0 Å². The van der Waals surface area contributed by atoms with Crippen LogP contribution >= 0.6 is 11.6 Å². The van der Waals surface area contributed by atoms with Gasteiger partial charge in [0.05, 0.1) is 13.2 Å². The number of Topliss-reactive ketones (excluding diaryl/α,β-unsaturated/α-hetero) is 1. The molecule has 0 unspecified atom stereocenters. The second-order valence-corrected chi connectivity index (χ2v) is 7.04. The smallest absolute Gasteiger partial charge is 0.243 e. The number of ether oxygens (including phenoxy) is 1. The minimum absolute atomic E-state index is 0.0393. The molecule has 0 aliphatic rings. The molecule has 0 saturated heterocycles. The van der Waals surface area contributed by atoms with E-state index in [1.54, 1.807) is 48.5 Å². The molecule has 29 heavy (non-hydrogen) atoms. The Balaban J connectivity index is 1.77. The Morgan fingerprint density at radius 1 is 1.00 bits per heavy atom. The van der Waals surface area contributed by atoms with E-state index in [1.807, 2.05) is 6.92 Å². The lowest BCUT2D eigenvalue weighted by atomic mass is 10.1. The fraction of sp³-hybridized carbons (Fsp3) is 0.318. The van der Waals surface area contributed by atoms with Gasteiger partial charge in [-0.25, -0.2) is 0 Å². The summed E-state index contributed by atoms with van der Waals surface area (Å²) in [6.45, 7) is 2.55. The number of hydrogen-bond acceptors (Lipinski definition) is 4. The number of carbonyl (C=O) groups is 3. The Hall–Kier alpha value is -2.86. The molecule has 1 N–H and O–H groups in total. The van der Waals surface area contributed by atoms with Crippen LogP contribution in [-0.4, -0.2) is 42.7 Å². The van der Waals surface area contributed by atoms with E-state index in [-0.39, 0.29) is 37.0 Å². The molecule has 0 fully saturated rings. The number of halogens is 1. The summed E-state index contributed by atoms with van der Waals surface area (Å²) in [7, 11) is 1.54. The number of likely N-dealkylation sites (N-methyl/N-ethyl adjacent to an activating group) is 1. The summed E-state index contributed by atoms with van der Waals surface area (Å²) in [5.41, 5.74) is 1.13. The number of rotatable bonds is 10. The van der Waals surface area contributed by atoms with Crippen LogP contribution in [-0.2, 0) is 9.59 Å². The summed E-state index contributed by atoms with van der Waals surface area (Å²) in [5, 5.41) is 3.27. The summed E-state index contributed by atoms with van der Waals surface area (Å²) in [6, 6.07) is 13.6. The molecule has 0 spiro atoms. The van der Waals surface area contributed by atoms with Gasteiger partial charge in [-0.15, -0.1) is 0 Å². The van der Waals surface area contributed by atoms with Crippen LogP contribution in [0.2, 0.25) is 5.02 Å². The molecule has 0 aromatic heterocycles. The van der Waals surface area contributed by atoms with Gasteiger partial charge in [-0.05, 0) is 55.0 Å². The average molecular weight is 417 g/mol. The number of ketones is 1. The van der Waals surface area contributed by atoms with E-state index in [0.717, 1.165) is 6.42 Å². The number of hydrogen-bond donors (Lipinski definition) is 1. The van der Waals surface area contributed by atoms with Gasteiger partial charge in [0.25, 0.3) is 0 Å². The fourth-order valence-corrected chi connectivity index (χ4v) is 2.68. The van der Waals surface area contributed by atoms with Crippen molar-refractivity contribution in [1.29, 1.82) is 0 Å². The molecule has 0 aliphatic heterocycles. The first-order valence-electron chi connectivity index (χ1n) is 9.44. The lowest BCUT2D eigenvalue weighted by Crippen LogP contribution is -2.35. The number of nitrogens with zero attached hydrogens (tertiary/aromatic N) is 1. The van der Waals surface area contributed by atoms with Crippen molar-refractivity contribution in [1.82, 2.24) is 4.90 Å². The van der Waals surface area contributed by atoms with Gasteiger partial charge in [-0.3, -0.25) is 14.4 Å². The van der Waals surface area contributed by atoms with Gasteiger partial charge in [0.15, 0.2) is 5.78 Å². The van der Waals surface area contributed by atoms with Crippen LogP contribution < -0.4 is 10.1 Å². The molecule has 0 saturated carbocycles. The largest absolute Gasteiger partial charge is 0.494 e. The zero-order valence-corrected chi connectivity index (χ0v) is 17.4. The lowest BCUT2D eigenvalue weighted by molar-refractivity contribution is -0.133. The van der Waals surface area contributed by atoms with Crippen LogP contribution in [0.25, 0.3) is 0 Å². The first-order chi connectivity index (χ1) is 13.9. The summed E-state index contributed by atoms with van der Waals surface area (Å²) in [5.74, 6) is -0.00464. The van der Waals surface area contributed by atoms with Crippen molar-refractivity contribution in [2.45, 2.75) is 26.2 Å². The molecule has 2 aromatic rings. The van der Waals surface area contributed by atoms with Crippen LogP contribution in [0.5, 0.6) is 5.75 Å². The molecule has 2 amide bonds. The van der Waals surface area contributed by atoms with Crippen molar-refractivity contribution in [3.05, 3.63) is 59.1 Å². The van der Waals surface area contributed by atoms with Crippen molar-refractivity contribution in [3.8, 4) is 5.75 Å². The first-order valence-corrected chi connectivity index (χ1v) is 9.82. The number of amides is 2. The van der Waals surface area contributed by atoms with Crippen molar-refractivity contribution in [3.63, 3.8) is 0 Å². The van der Waals surface area contributed by atoms with E-state index in [1.165, 1.54) is 11.9 Å². The second kappa shape index (κ2) is 11.2. The molecule has 2 aromatic carbocycles. The molecule has 154 valence electrons. The maximum atomic E-state index is 12.3. The zero-order valence-electron chi connectivity index (χ0n) is 16.6. The van der Waals surface area contributed by atoms with E-state index in [0.29, 0.717) is 28.6 Å². The Bertz CT molecular complexity index is 835. The Kier molecular flexibility index (Phi) is 8.68. The van der Waals surface area contributed by atoms with Crippen LogP contribution in [0.1, 0.15) is 36.5 Å². The molecule has 0 atom stereocenters. The van der Waals surface area contributed by atoms with E-state index < -0.39 is 0 Å². The van der Waals surface area contributed by atoms with Crippen molar-refractivity contribution < 1.29 is 19.1 Å². The number of carbonyl (C=O) groups excluding carboxylic acids is 3. The Morgan fingerprint density at radius 3 is 2.28 bits per heavy atom. The summed E-state index contributed by atoms with van der Waals surface area (Å²) < 4.78 is 5.49. The highest BCUT2D eigenvalue weighted by atomic mass is 35.5. The SMILES string of the molecule is CCCOc1ccc(C(=O)CCC(=O)N(C)CC(=O)Nc2ccc(Cl)cc2)cc1. The number of benzene rings is 2. The van der Waals surface area contributed by atoms with Gasteiger partial charge >= 0.3 is 0 Å². The summed E-state index contributed by atoms with van der Waals surface area (Å²) >= 11 is 5.81. The van der Waals surface area contributed by atoms with E-state index in [2.05, 4.69) is 5.32 Å². The van der Waals surface area contributed by atoms with Crippen molar-refractivity contribution in [2.75, 3.05) is 25.5 Å². The predicted molar refractivity (Wildman–Crippen MR) is 114 cm³/mol. The van der Waals surface area contributed by atoms with Crippen LogP contribution in [0.3, 0.4) is 0 Å². The maximum absolute atomic E-state index is 12.3. The van der Waals surface area contributed by atoms with Gasteiger partial charge in [0, 0.05) is 36.2 Å². The molecule has 0 radical (unpaired) electrons. The molecular weight excluding hydrogens is 392 g/mol. The standard InChI is InChI=1S/C22H25ClN2O4/c1-3-14-29-19-10-4-16(5-11-19)20(26)12-13-22(28)25(2)15-21(27)24-18-8-6-17(23)7-9-18/h4-11H,3,12-15H2,1-2H3,(H,24,27). The highest BCUT2D eigenvalue weighted by Gasteiger charge is 2.15. The highest BCUT2D eigenvalue weighted by Crippen LogP contribution is 2.15. The third-order valence-electron chi connectivity index (χ3n) is 4.15. The van der Waals surface area contributed by atoms with Crippen molar-refractivity contribution >= 4 is 34.9 Å². The van der Waals surface area contributed by atoms with Gasteiger partial charge in [-0.1, -0.05) is 18.5 Å². The minimum atomic E-state index is -0.322. The highest BCUT2D eigenvalue weighted by molar-refractivity contribution is 6.30. The molecular formula is C22H25ClN2O4. The predicted octanol–water partition coefficient (Wildman–Crippen LogP) is 4.19. The van der Waals surface area contributed by atoms with Gasteiger partial charge in [-0.2, -0.15) is 0 Å². The monoisotopic (exact) mass is 416 g/mol. The number of anilines is 1. The first kappa shape index (κ1) is 22.4. The molecule has 2 rings (SSSR count). The second-order valence-electron chi connectivity index (χ2n) is 6.60. The zero-order chi connectivity index (χ0) is 21.2. The van der Waals surface area contributed by atoms with Crippen LogP contribution in [0, 0.1) is 0 Å². The van der Waals surface area contributed by atoms with Gasteiger partial charge in [0.1, 0.15) is 5.75 Å². The molecule has 0 bridgehead atoms. The topological polar surface area (TPSA) is 75.7 Å². The third-order valence-corrected chi connectivity index (χ3v) is 4.40. The molecule has 6 nitrogen and oxygen atoms in total. The lowest BCUT2D eigenvalue weighted by Gasteiger charge is -2.16. The summed E-state index contributed by atoms with van der Waals surface area (Å²) in [6.07, 6.45) is 1.03. The normalized spacial score (nSPS) is 10.3. The third kappa shape index (κ3) is 7.58. The minimum Gasteiger partial charge on any atom is -0.494 e. The van der Waals surface area contributed by atoms with Crippen LogP contribution in [0.4, 0.5) is 5.69 Å². The molecule has 0 heterocycles. The Morgan fingerprint density at radius 2 is 1.66 bits per heavy atom. The quantitative estimate of drug-likeness (QED) is 0.589. The van der Waals surface area contributed by atoms with Crippen LogP contribution in [0.15, 0.2) is 48.5 Å². The van der Waals surface area contributed by atoms with Gasteiger partial charge in [0.2, 0.25) is 11.8 Å². The molecule has 7 heteroatoms. The maximum Gasteiger partial charge on any atom is 0.243 e. The fourth-order valence-electron chi connectivity index (χ4n) is 2.55. The van der Waals surface area contributed by atoms with Crippen molar-refractivity contribution in [2.24, 2.45) is 0 Å². The molecule has 0 aliphatic carbocycles. The van der Waals surface area contributed by atoms with E-state index in [9.17, 15) is 14.4 Å². The van der Waals surface area contributed by atoms with E-state index in [4.69, 9.17) is 16.3 Å². The average Bonchev–Trinajstić information content (AvgIpc) is 2.72.